The Labute approximate surface area is 90.2 Å². The molecule has 2 nitrogen and oxygen atoms in total. The minimum Gasteiger partial charge on any atom is -0.478 e. The molecule has 0 aliphatic rings. The highest BCUT2D eigenvalue weighted by atomic mass is 79.9. The van der Waals surface area contributed by atoms with Crippen LogP contribution in [-0.2, 0) is 4.79 Å². The summed E-state index contributed by atoms with van der Waals surface area (Å²) in [5.41, 5.74) is 0.870. The van der Waals surface area contributed by atoms with Crippen LogP contribution in [0.1, 0.15) is 5.56 Å². The first-order valence-corrected chi connectivity index (χ1v) is 5.35. The molecule has 1 heterocycles. The average molecular weight is 312 g/mol. The molecule has 0 amide bonds. The van der Waals surface area contributed by atoms with Crippen molar-refractivity contribution in [3.05, 3.63) is 25.3 Å². The van der Waals surface area contributed by atoms with Crippen molar-refractivity contribution in [2.75, 3.05) is 0 Å². The van der Waals surface area contributed by atoms with Crippen LogP contribution in [0.4, 0.5) is 0 Å². The van der Waals surface area contributed by atoms with Crippen molar-refractivity contribution in [3.63, 3.8) is 0 Å². The molecular weight excluding hydrogens is 308 g/mol. The van der Waals surface area contributed by atoms with E-state index in [1.807, 2.05) is 6.07 Å². The predicted molar refractivity (Wildman–Crippen MR) is 56.4 cm³/mol. The fraction of sp³-hybridized carbons (Fsp3) is 0. The van der Waals surface area contributed by atoms with Crippen LogP contribution < -0.4 is 0 Å². The highest BCUT2D eigenvalue weighted by molar-refractivity contribution is 9.12. The smallest absolute Gasteiger partial charge is 0.328 e. The summed E-state index contributed by atoms with van der Waals surface area (Å²) < 4.78 is 1.89. The Morgan fingerprint density at radius 2 is 2.25 bits per heavy atom. The molecule has 0 aliphatic heterocycles. The largest absolute Gasteiger partial charge is 0.478 e. The second-order valence-corrected chi connectivity index (χ2v) is 5.70. The number of carboxylic acid groups (broad SMARTS) is 1. The first-order valence-electron chi connectivity index (χ1n) is 2.95. The topological polar surface area (TPSA) is 37.3 Å². The van der Waals surface area contributed by atoms with Crippen LogP contribution in [0, 0.1) is 0 Å². The van der Waals surface area contributed by atoms with Gasteiger partial charge in [-0.2, -0.15) is 0 Å². The zero-order valence-electron chi connectivity index (χ0n) is 5.75. The maximum atomic E-state index is 10.2. The van der Waals surface area contributed by atoms with Crippen LogP contribution in [0.5, 0.6) is 0 Å². The van der Waals surface area contributed by atoms with E-state index in [1.54, 1.807) is 6.08 Å². The van der Waals surface area contributed by atoms with Gasteiger partial charge in [-0.05, 0) is 44.0 Å². The van der Waals surface area contributed by atoms with E-state index in [9.17, 15) is 4.79 Å². The number of aliphatic carboxylic acids is 1. The lowest BCUT2D eigenvalue weighted by molar-refractivity contribution is -0.131. The summed E-state index contributed by atoms with van der Waals surface area (Å²) in [6, 6.07) is 1.86. The van der Waals surface area contributed by atoms with Crippen LogP contribution >= 0.6 is 43.2 Å². The Morgan fingerprint density at radius 1 is 1.58 bits per heavy atom. The van der Waals surface area contributed by atoms with Crippen LogP contribution in [0.3, 0.4) is 0 Å². The lowest BCUT2D eigenvalue weighted by Gasteiger charge is -1.84. The standard InChI is InChI=1S/C7H4Br2O2S/c8-5-3-4(7(9)12-5)1-2-6(10)11/h1-3H,(H,10,11). The van der Waals surface area contributed by atoms with Gasteiger partial charge < -0.3 is 5.11 Å². The Kier molecular flexibility index (Phi) is 3.49. The third-order valence-corrected chi connectivity index (χ3v) is 3.47. The van der Waals surface area contributed by atoms with E-state index in [4.69, 9.17) is 5.11 Å². The SMILES string of the molecule is O=C(O)C=Cc1cc(Br)sc1Br. The molecule has 0 saturated heterocycles. The third-order valence-electron chi connectivity index (χ3n) is 1.09. The van der Waals surface area contributed by atoms with Crippen molar-refractivity contribution < 1.29 is 9.90 Å². The van der Waals surface area contributed by atoms with Gasteiger partial charge in [-0.1, -0.05) is 0 Å². The predicted octanol–water partition coefficient (Wildman–Crippen LogP) is 3.37. The Hall–Kier alpha value is -0.130. The Balaban J connectivity index is 2.89. The van der Waals surface area contributed by atoms with Crippen LogP contribution in [0.2, 0.25) is 0 Å². The molecule has 0 unspecified atom stereocenters. The van der Waals surface area contributed by atoms with E-state index >= 15 is 0 Å². The number of hydrogen-bond donors (Lipinski definition) is 1. The summed E-state index contributed by atoms with van der Waals surface area (Å²) in [4.78, 5) is 10.2. The Morgan fingerprint density at radius 3 is 2.67 bits per heavy atom. The minimum absolute atomic E-state index is 0.870. The summed E-state index contributed by atoms with van der Waals surface area (Å²) in [7, 11) is 0. The lowest BCUT2D eigenvalue weighted by Crippen LogP contribution is -1.84. The van der Waals surface area contributed by atoms with Gasteiger partial charge in [-0.25, -0.2) is 4.79 Å². The van der Waals surface area contributed by atoms with Gasteiger partial charge in [0.2, 0.25) is 0 Å². The quantitative estimate of drug-likeness (QED) is 0.850. The van der Waals surface area contributed by atoms with Gasteiger partial charge in [0.05, 0.1) is 7.57 Å². The first-order chi connectivity index (χ1) is 5.59. The summed E-state index contributed by atoms with van der Waals surface area (Å²) in [6.07, 6.45) is 2.66. The van der Waals surface area contributed by atoms with Crippen LogP contribution in [-0.4, -0.2) is 11.1 Å². The molecule has 0 saturated carbocycles. The van der Waals surface area contributed by atoms with Gasteiger partial charge in [0.1, 0.15) is 0 Å². The number of carboxylic acids is 1. The van der Waals surface area contributed by atoms with Gasteiger partial charge in [0.25, 0.3) is 0 Å². The summed E-state index contributed by atoms with van der Waals surface area (Å²) in [5.74, 6) is -0.941. The lowest BCUT2D eigenvalue weighted by atomic mass is 10.3. The second-order valence-electron chi connectivity index (χ2n) is 1.95. The van der Waals surface area contributed by atoms with E-state index in [1.165, 1.54) is 11.3 Å². The highest BCUT2D eigenvalue weighted by Gasteiger charge is 2.01. The fourth-order valence-electron chi connectivity index (χ4n) is 0.628. The number of hydrogen-bond acceptors (Lipinski definition) is 2. The molecule has 5 heteroatoms. The number of rotatable bonds is 2. The number of halogens is 2. The van der Waals surface area contributed by atoms with E-state index in [0.29, 0.717) is 0 Å². The molecule has 64 valence electrons. The molecule has 0 radical (unpaired) electrons. The maximum Gasteiger partial charge on any atom is 0.328 e. The van der Waals surface area contributed by atoms with Crippen molar-refractivity contribution in [1.82, 2.24) is 0 Å². The molecule has 0 bridgehead atoms. The fourth-order valence-corrected chi connectivity index (χ4v) is 3.38. The van der Waals surface area contributed by atoms with Gasteiger partial charge in [0, 0.05) is 11.6 Å². The summed E-state index contributed by atoms with van der Waals surface area (Å²) in [6.45, 7) is 0. The molecule has 1 rings (SSSR count). The number of thiophene rings is 1. The van der Waals surface area contributed by atoms with Gasteiger partial charge >= 0.3 is 5.97 Å². The molecule has 0 atom stereocenters. The molecule has 0 fully saturated rings. The highest BCUT2D eigenvalue weighted by Crippen LogP contribution is 2.32. The van der Waals surface area contributed by atoms with Crippen molar-refractivity contribution in [3.8, 4) is 0 Å². The zero-order chi connectivity index (χ0) is 9.14. The van der Waals surface area contributed by atoms with Crippen molar-refractivity contribution in [1.29, 1.82) is 0 Å². The molecule has 1 aromatic heterocycles. The maximum absolute atomic E-state index is 10.2. The molecular formula is C7H4Br2O2S. The molecule has 0 aliphatic carbocycles. The van der Waals surface area contributed by atoms with E-state index in [2.05, 4.69) is 31.9 Å². The van der Waals surface area contributed by atoms with Gasteiger partial charge in [-0.3, -0.25) is 0 Å². The zero-order valence-corrected chi connectivity index (χ0v) is 9.74. The van der Waals surface area contributed by atoms with Crippen molar-refractivity contribution in [2.45, 2.75) is 0 Å². The molecule has 12 heavy (non-hydrogen) atoms. The van der Waals surface area contributed by atoms with Crippen molar-refractivity contribution in [2.24, 2.45) is 0 Å². The van der Waals surface area contributed by atoms with Crippen molar-refractivity contribution >= 4 is 55.2 Å². The second kappa shape index (κ2) is 4.20. The molecule has 0 aromatic carbocycles. The minimum atomic E-state index is -0.941. The van der Waals surface area contributed by atoms with E-state index in [-0.39, 0.29) is 0 Å². The third kappa shape index (κ3) is 2.73. The van der Waals surface area contributed by atoms with Gasteiger partial charge in [-0.15, -0.1) is 11.3 Å². The monoisotopic (exact) mass is 310 g/mol. The molecule has 1 N–H and O–H groups in total. The van der Waals surface area contributed by atoms with Crippen LogP contribution in [0.15, 0.2) is 19.7 Å². The Bertz CT molecular complexity index is 330. The molecule has 0 spiro atoms. The van der Waals surface area contributed by atoms with Gasteiger partial charge in [0.15, 0.2) is 0 Å². The molecule has 1 aromatic rings. The normalized spacial score (nSPS) is 10.8. The average Bonchev–Trinajstić information content (AvgIpc) is 2.26. The van der Waals surface area contributed by atoms with E-state index in [0.717, 1.165) is 19.2 Å². The summed E-state index contributed by atoms with van der Waals surface area (Å²) in [5, 5.41) is 8.36. The van der Waals surface area contributed by atoms with Crippen LogP contribution in [0.25, 0.3) is 6.08 Å². The van der Waals surface area contributed by atoms with E-state index < -0.39 is 5.97 Å². The summed E-state index contributed by atoms with van der Waals surface area (Å²) >= 11 is 8.12. The number of carbonyl (C=O) groups is 1. The first kappa shape index (κ1) is 9.95.